The minimum Gasteiger partial charge on any atom is -0.344 e. The van der Waals surface area contributed by atoms with Gasteiger partial charge in [0.1, 0.15) is 11.2 Å². The van der Waals surface area contributed by atoms with Gasteiger partial charge in [-0.3, -0.25) is 9.78 Å². The Kier molecular flexibility index (Phi) is 3.27. The second-order valence-electron chi connectivity index (χ2n) is 5.62. The molecule has 8 heteroatoms. The molecular weight excluding hydrogens is 324 g/mol. The molecule has 0 saturated heterocycles. The molecule has 0 saturated carbocycles. The molecule has 4 aromatic rings. The van der Waals surface area contributed by atoms with Gasteiger partial charge in [0.15, 0.2) is 11.5 Å². The Morgan fingerprint density at radius 2 is 2.00 bits per heavy atom. The average molecular weight is 338 g/mol. The van der Waals surface area contributed by atoms with Crippen molar-refractivity contribution in [1.29, 1.82) is 0 Å². The van der Waals surface area contributed by atoms with Crippen molar-refractivity contribution in [2.24, 2.45) is 0 Å². The number of hydrogen-bond donors (Lipinski definition) is 0. The summed E-state index contributed by atoms with van der Waals surface area (Å²) in [7, 11) is 3.49. The molecule has 0 aliphatic rings. The predicted octanol–water partition coefficient (Wildman–Crippen LogP) is 2.41. The zero-order chi connectivity index (χ0) is 16.8. The zero-order valence-electron chi connectivity index (χ0n) is 13.4. The van der Waals surface area contributed by atoms with Gasteiger partial charge in [0.2, 0.25) is 0 Å². The molecule has 0 aliphatic carbocycles. The summed E-state index contributed by atoms with van der Waals surface area (Å²) < 4.78 is 1.65. The van der Waals surface area contributed by atoms with Crippen molar-refractivity contribution in [1.82, 2.24) is 29.5 Å². The quantitative estimate of drug-likeness (QED) is 0.561. The van der Waals surface area contributed by atoms with E-state index < -0.39 is 0 Å². The van der Waals surface area contributed by atoms with Crippen LogP contribution in [0.3, 0.4) is 0 Å². The third kappa shape index (κ3) is 2.15. The standard InChI is InChI=1S/C16H14N6OS/c1-9-11-14-19-13(10-4-6-17-7-5-10)20-22(14)8-18-15(11)24-12(9)16(23)21(2)3/h4-8H,1-3H3. The zero-order valence-corrected chi connectivity index (χ0v) is 14.2. The van der Waals surface area contributed by atoms with Gasteiger partial charge in [-0.25, -0.2) is 14.5 Å². The number of fused-ring (bicyclic) bond motifs is 3. The number of rotatable bonds is 2. The fourth-order valence-corrected chi connectivity index (χ4v) is 3.73. The summed E-state index contributed by atoms with van der Waals surface area (Å²) in [5, 5.41) is 5.36. The van der Waals surface area contributed by atoms with E-state index in [9.17, 15) is 4.79 Å². The molecule has 4 aromatic heterocycles. The normalized spacial score (nSPS) is 11.3. The number of thiophene rings is 1. The van der Waals surface area contributed by atoms with Crippen molar-refractivity contribution in [3.8, 4) is 11.4 Å². The highest BCUT2D eigenvalue weighted by molar-refractivity contribution is 7.20. The van der Waals surface area contributed by atoms with Gasteiger partial charge in [0.25, 0.3) is 5.91 Å². The van der Waals surface area contributed by atoms with Crippen LogP contribution in [0.5, 0.6) is 0 Å². The Morgan fingerprint density at radius 3 is 2.71 bits per heavy atom. The van der Waals surface area contributed by atoms with Crippen molar-refractivity contribution < 1.29 is 4.79 Å². The fraction of sp³-hybridized carbons (Fsp3) is 0.188. The number of nitrogens with zero attached hydrogens (tertiary/aromatic N) is 6. The Balaban J connectivity index is 1.97. The molecule has 4 rings (SSSR count). The smallest absolute Gasteiger partial charge is 0.263 e. The first-order valence-electron chi connectivity index (χ1n) is 7.33. The van der Waals surface area contributed by atoms with Gasteiger partial charge in [-0.05, 0) is 24.6 Å². The van der Waals surface area contributed by atoms with Gasteiger partial charge in [-0.1, -0.05) is 0 Å². The molecule has 0 radical (unpaired) electrons. The summed E-state index contributed by atoms with van der Waals surface area (Å²) in [4.78, 5) is 28.5. The van der Waals surface area contributed by atoms with E-state index >= 15 is 0 Å². The first-order valence-corrected chi connectivity index (χ1v) is 8.14. The van der Waals surface area contributed by atoms with E-state index in [-0.39, 0.29) is 5.91 Å². The van der Waals surface area contributed by atoms with Crippen molar-refractivity contribution >= 4 is 33.1 Å². The van der Waals surface area contributed by atoms with E-state index in [2.05, 4.69) is 20.1 Å². The summed E-state index contributed by atoms with van der Waals surface area (Å²) >= 11 is 1.39. The van der Waals surface area contributed by atoms with Gasteiger partial charge < -0.3 is 4.90 Å². The maximum atomic E-state index is 12.4. The molecule has 1 amide bonds. The number of hydrogen-bond acceptors (Lipinski definition) is 6. The van der Waals surface area contributed by atoms with E-state index in [1.807, 2.05) is 19.1 Å². The molecule has 0 N–H and O–H groups in total. The Morgan fingerprint density at radius 1 is 1.25 bits per heavy atom. The van der Waals surface area contributed by atoms with Crippen molar-refractivity contribution in [3.05, 3.63) is 41.3 Å². The summed E-state index contributed by atoms with van der Waals surface area (Å²) in [6.45, 7) is 1.93. The number of amides is 1. The number of aromatic nitrogens is 5. The molecule has 4 heterocycles. The van der Waals surface area contributed by atoms with Crippen LogP contribution in [0.4, 0.5) is 0 Å². The Bertz CT molecular complexity index is 1070. The lowest BCUT2D eigenvalue weighted by molar-refractivity contribution is 0.0831. The van der Waals surface area contributed by atoms with Crippen LogP contribution < -0.4 is 0 Å². The summed E-state index contributed by atoms with van der Waals surface area (Å²) in [6.07, 6.45) is 5.05. The lowest BCUT2D eigenvalue weighted by atomic mass is 10.2. The van der Waals surface area contributed by atoms with Crippen LogP contribution in [-0.4, -0.2) is 49.5 Å². The van der Waals surface area contributed by atoms with Crippen LogP contribution in [0.25, 0.3) is 27.3 Å². The lowest BCUT2D eigenvalue weighted by Crippen LogP contribution is -2.21. The second-order valence-corrected chi connectivity index (χ2v) is 6.62. The van der Waals surface area contributed by atoms with E-state index in [1.165, 1.54) is 11.3 Å². The summed E-state index contributed by atoms with van der Waals surface area (Å²) in [5.74, 6) is 0.584. The van der Waals surface area contributed by atoms with Gasteiger partial charge in [0, 0.05) is 32.1 Å². The maximum Gasteiger partial charge on any atom is 0.263 e. The van der Waals surface area contributed by atoms with Gasteiger partial charge >= 0.3 is 0 Å². The molecule has 0 fully saturated rings. The molecule has 0 aromatic carbocycles. The van der Waals surface area contributed by atoms with Crippen LogP contribution in [0, 0.1) is 6.92 Å². The van der Waals surface area contributed by atoms with E-state index in [1.54, 1.807) is 42.2 Å². The molecule has 0 unspecified atom stereocenters. The van der Waals surface area contributed by atoms with E-state index in [0.29, 0.717) is 16.3 Å². The first-order chi connectivity index (χ1) is 11.6. The van der Waals surface area contributed by atoms with E-state index in [4.69, 9.17) is 0 Å². The molecule has 0 spiro atoms. The molecular formula is C16H14N6OS. The fourth-order valence-electron chi connectivity index (χ4n) is 2.56. The van der Waals surface area contributed by atoms with Crippen LogP contribution in [-0.2, 0) is 0 Å². The topological polar surface area (TPSA) is 76.3 Å². The maximum absolute atomic E-state index is 12.4. The first kappa shape index (κ1) is 14.7. The second kappa shape index (κ2) is 5.34. The molecule has 0 atom stereocenters. The molecule has 24 heavy (non-hydrogen) atoms. The highest BCUT2D eigenvalue weighted by atomic mass is 32.1. The van der Waals surface area contributed by atoms with Gasteiger partial charge in [-0.2, -0.15) is 0 Å². The summed E-state index contributed by atoms with van der Waals surface area (Å²) in [6, 6.07) is 3.72. The molecule has 0 bridgehead atoms. The minimum absolute atomic E-state index is 0.0254. The molecule has 0 aliphatic heterocycles. The molecule has 120 valence electrons. The number of pyridine rings is 1. The largest absolute Gasteiger partial charge is 0.344 e. The summed E-state index contributed by atoms with van der Waals surface area (Å²) in [5.41, 5.74) is 2.48. The Hall–Kier alpha value is -2.87. The van der Waals surface area contributed by atoms with E-state index in [0.717, 1.165) is 21.3 Å². The van der Waals surface area contributed by atoms with Crippen LogP contribution in [0.1, 0.15) is 15.2 Å². The van der Waals surface area contributed by atoms with Crippen LogP contribution >= 0.6 is 11.3 Å². The van der Waals surface area contributed by atoms with Crippen molar-refractivity contribution in [2.45, 2.75) is 6.92 Å². The van der Waals surface area contributed by atoms with Gasteiger partial charge in [-0.15, -0.1) is 16.4 Å². The Labute approximate surface area is 141 Å². The lowest BCUT2D eigenvalue weighted by Gasteiger charge is -2.08. The monoisotopic (exact) mass is 338 g/mol. The van der Waals surface area contributed by atoms with Gasteiger partial charge in [0.05, 0.1) is 10.3 Å². The molecule has 7 nitrogen and oxygen atoms in total. The third-order valence-electron chi connectivity index (χ3n) is 3.81. The number of carbonyl (C=O) groups excluding carboxylic acids is 1. The SMILES string of the molecule is Cc1c(C(=O)N(C)C)sc2ncn3nc(-c4ccncc4)nc3c12. The van der Waals surface area contributed by atoms with Crippen LogP contribution in [0.2, 0.25) is 0 Å². The predicted molar refractivity (Wildman–Crippen MR) is 92.2 cm³/mol. The highest BCUT2D eigenvalue weighted by Crippen LogP contribution is 2.32. The number of aryl methyl sites for hydroxylation is 1. The third-order valence-corrected chi connectivity index (χ3v) is 4.99. The van der Waals surface area contributed by atoms with Crippen molar-refractivity contribution in [3.63, 3.8) is 0 Å². The van der Waals surface area contributed by atoms with Crippen LogP contribution in [0.15, 0.2) is 30.9 Å². The average Bonchev–Trinajstić information content (AvgIpc) is 3.16. The van der Waals surface area contributed by atoms with Crippen molar-refractivity contribution in [2.75, 3.05) is 14.1 Å². The highest BCUT2D eigenvalue weighted by Gasteiger charge is 2.21. The minimum atomic E-state index is -0.0254. The number of carbonyl (C=O) groups is 1.